The summed E-state index contributed by atoms with van der Waals surface area (Å²) >= 11 is 0. The fraction of sp³-hybridized carbons (Fsp3) is 0.276. The zero-order chi connectivity index (χ0) is 27.6. The molecule has 0 aliphatic carbocycles. The molecule has 0 aliphatic rings. The minimum atomic E-state index is -0.184. The van der Waals surface area contributed by atoms with Gasteiger partial charge in [-0.05, 0) is 62.7 Å². The van der Waals surface area contributed by atoms with Crippen LogP contribution in [0.15, 0.2) is 66.1 Å². The summed E-state index contributed by atoms with van der Waals surface area (Å²) in [7, 11) is 1.81. The highest BCUT2D eigenvalue weighted by Crippen LogP contribution is 2.23. The van der Waals surface area contributed by atoms with Crippen LogP contribution in [-0.4, -0.2) is 34.9 Å². The molecular formula is C29H36N6O2. The Kier molecular flexibility index (Phi) is 10.2. The molecule has 8 nitrogen and oxygen atoms in total. The lowest BCUT2D eigenvalue weighted by Gasteiger charge is -2.18. The van der Waals surface area contributed by atoms with Crippen molar-refractivity contribution in [2.45, 2.75) is 47.0 Å². The number of anilines is 2. The largest absolute Gasteiger partial charge is 0.403 e. The van der Waals surface area contributed by atoms with E-state index in [4.69, 9.17) is 15.5 Å². The molecule has 2 aromatic heterocycles. The minimum absolute atomic E-state index is 0.141. The van der Waals surface area contributed by atoms with Gasteiger partial charge in [0.25, 0.3) is 5.91 Å². The molecule has 37 heavy (non-hydrogen) atoms. The van der Waals surface area contributed by atoms with Gasteiger partial charge in [0, 0.05) is 64.8 Å². The molecule has 3 rings (SSSR count). The Labute approximate surface area is 219 Å². The van der Waals surface area contributed by atoms with Crippen molar-refractivity contribution in [3.05, 3.63) is 89.0 Å². The topological polar surface area (TPSA) is 122 Å². The van der Waals surface area contributed by atoms with Crippen molar-refractivity contribution in [1.82, 2.24) is 9.97 Å². The molecule has 0 saturated heterocycles. The first-order valence-electron chi connectivity index (χ1n) is 11.9. The first-order valence-corrected chi connectivity index (χ1v) is 11.9. The van der Waals surface area contributed by atoms with Gasteiger partial charge in [0.05, 0.1) is 5.70 Å². The summed E-state index contributed by atoms with van der Waals surface area (Å²) in [6.07, 6.45) is 5.61. The Morgan fingerprint density at radius 3 is 2.30 bits per heavy atom. The molecule has 0 fully saturated rings. The number of pyridine rings is 2. The summed E-state index contributed by atoms with van der Waals surface area (Å²) in [5.74, 6) is 0.549. The number of amides is 1. The van der Waals surface area contributed by atoms with Crippen LogP contribution in [-0.2, 0) is 10.2 Å². The molecule has 8 heteroatoms. The van der Waals surface area contributed by atoms with Crippen LogP contribution in [0.4, 0.5) is 11.5 Å². The average Bonchev–Trinajstić information content (AvgIpc) is 2.88. The lowest BCUT2D eigenvalue weighted by Crippen LogP contribution is -2.17. The molecule has 0 radical (unpaired) electrons. The molecule has 0 atom stereocenters. The SMILES string of the molecule is CC=O.CNc1cc(/C(=C/N)N=C(C)c2cc(NC(=O)c3ccnc(C(C)(C)C)c3)ccc2C)ccn1. The number of carbonyl (C=O) groups excluding carboxylic acids is 2. The van der Waals surface area contributed by atoms with E-state index in [1.54, 1.807) is 18.5 Å². The molecule has 194 valence electrons. The average molecular weight is 501 g/mol. The quantitative estimate of drug-likeness (QED) is 0.310. The van der Waals surface area contributed by atoms with E-state index < -0.39 is 0 Å². The van der Waals surface area contributed by atoms with Crippen molar-refractivity contribution in [1.29, 1.82) is 0 Å². The molecule has 4 N–H and O–H groups in total. The maximum atomic E-state index is 12.9. The number of benzene rings is 1. The number of hydrogen-bond acceptors (Lipinski definition) is 7. The van der Waals surface area contributed by atoms with E-state index in [2.05, 4.69) is 41.4 Å². The third-order valence-corrected chi connectivity index (χ3v) is 5.43. The van der Waals surface area contributed by atoms with Gasteiger partial charge in [-0.1, -0.05) is 26.8 Å². The fourth-order valence-corrected chi connectivity index (χ4v) is 3.44. The lowest BCUT2D eigenvalue weighted by molar-refractivity contribution is -0.106. The molecule has 1 aromatic carbocycles. The number of nitrogens with two attached hydrogens (primary N) is 1. The first-order chi connectivity index (χ1) is 17.5. The number of aldehydes is 1. The molecule has 0 aliphatic heterocycles. The van der Waals surface area contributed by atoms with Gasteiger partial charge >= 0.3 is 0 Å². The van der Waals surface area contributed by atoms with Gasteiger partial charge in [0.2, 0.25) is 0 Å². The van der Waals surface area contributed by atoms with E-state index in [0.717, 1.165) is 40.2 Å². The zero-order valence-electron chi connectivity index (χ0n) is 22.6. The summed E-state index contributed by atoms with van der Waals surface area (Å²) in [5, 5.41) is 6.02. The Hall–Kier alpha value is -4.33. The summed E-state index contributed by atoms with van der Waals surface area (Å²) < 4.78 is 0. The number of aryl methyl sites for hydroxylation is 1. The third-order valence-electron chi connectivity index (χ3n) is 5.43. The summed E-state index contributed by atoms with van der Waals surface area (Å²) in [5.41, 5.74) is 12.1. The van der Waals surface area contributed by atoms with Crippen LogP contribution >= 0.6 is 0 Å². The van der Waals surface area contributed by atoms with E-state index >= 15 is 0 Å². The van der Waals surface area contributed by atoms with Gasteiger partial charge in [-0.2, -0.15) is 0 Å². The number of rotatable bonds is 6. The Bertz CT molecular complexity index is 1310. The van der Waals surface area contributed by atoms with E-state index in [0.29, 0.717) is 16.9 Å². The van der Waals surface area contributed by atoms with E-state index in [-0.39, 0.29) is 11.3 Å². The van der Waals surface area contributed by atoms with Crippen molar-refractivity contribution in [3.63, 3.8) is 0 Å². The molecule has 0 bridgehead atoms. The lowest BCUT2D eigenvalue weighted by atomic mass is 9.91. The first kappa shape index (κ1) is 28.9. The number of nitrogens with zero attached hydrogens (tertiary/aromatic N) is 3. The van der Waals surface area contributed by atoms with E-state index in [1.807, 2.05) is 57.3 Å². The van der Waals surface area contributed by atoms with Gasteiger partial charge in [0.15, 0.2) is 0 Å². The second-order valence-electron chi connectivity index (χ2n) is 9.33. The predicted octanol–water partition coefficient (Wildman–Crippen LogP) is 5.35. The van der Waals surface area contributed by atoms with Gasteiger partial charge in [-0.15, -0.1) is 0 Å². The summed E-state index contributed by atoms with van der Waals surface area (Å²) in [4.78, 5) is 35.1. The van der Waals surface area contributed by atoms with Crippen LogP contribution in [0.25, 0.3) is 5.70 Å². The second-order valence-corrected chi connectivity index (χ2v) is 9.33. The van der Waals surface area contributed by atoms with E-state index in [1.165, 1.54) is 13.1 Å². The fourth-order valence-electron chi connectivity index (χ4n) is 3.44. The van der Waals surface area contributed by atoms with Crippen LogP contribution in [0.5, 0.6) is 0 Å². The molecular weight excluding hydrogens is 464 g/mol. The van der Waals surface area contributed by atoms with Crippen LogP contribution in [0.2, 0.25) is 0 Å². The second kappa shape index (κ2) is 13.1. The number of nitrogens with one attached hydrogen (secondary N) is 2. The highest BCUT2D eigenvalue weighted by Gasteiger charge is 2.17. The van der Waals surface area contributed by atoms with Crippen molar-refractivity contribution in [2.24, 2.45) is 10.7 Å². The van der Waals surface area contributed by atoms with Gasteiger partial charge < -0.3 is 21.2 Å². The van der Waals surface area contributed by atoms with Crippen molar-refractivity contribution >= 4 is 35.1 Å². The van der Waals surface area contributed by atoms with Crippen molar-refractivity contribution in [3.8, 4) is 0 Å². The zero-order valence-corrected chi connectivity index (χ0v) is 22.6. The van der Waals surface area contributed by atoms with Crippen LogP contribution in [0, 0.1) is 6.92 Å². The van der Waals surface area contributed by atoms with Gasteiger partial charge in [-0.25, -0.2) is 4.98 Å². The van der Waals surface area contributed by atoms with Crippen LogP contribution in [0.1, 0.15) is 67.4 Å². The highest BCUT2D eigenvalue weighted by atomic mass is 16.1. The molecule has 0 spiro atoms. The summed E-state index contributed by atoms with van der Waals surface area (Å²) in [6, 6.07) is 13.1. The van der Waals surface area contributed by atoms with E-state index in [9.17, 15) is 4.79 Å². The molecule has 0 unspecified atom stereocenters. The summed E-state index contributed by atoms with van der Waals surface area (Å²) in [6.45, 7) is 11.6. The third kappa shape index (κ3) is 8.10. The monoisotopic (exact) mass is 500 g/mol. The standard InChI is InChI=1S/C27H32N6O.C2H4O/c1-17-7-8-21(33-26(34)20-10-11-30-24(13-20)27(3,4)5)15-22(17)18(2)32-23(16-28)19-9-12-31-25(14-19)29-6;1-2-3/h7-16H,28H2,1-6H3,(H,29,31)(H,33,34);2H,1H3/b23-16-,32-18?;. The van der Waals surface area contributed by atoms with Crippen molar-refractivity contribution in [2.75, 3.05) is 17.7 Å². The number of carbonyl (C=O) groups is 2. The number of aromatic nitrogens is 2. The predicted molar refractivity (Wildman–Crippen MR) is 152 cm³/mol. The Morgan fingerprint density at radius 1 is 1.03 bits per heavy atom. The smallest absolute Gasteiger partial charge is 0.255 e. The maximum absolute atomic E-state index is 12.9. The number of aliphatic imine (C=N–C) groups is 1. The maximum Gasteiger partial charge on any atom is 0.255 e. The molecule has 3 aromatic rings. The van der Waals surface area contributed by atoms with Gasteiger partial charge in [-0.3, -0.25) is 14.8 Å². The Morgan fingerprint density at radius 2 is 1.68 bits per heavy atom. The molecule has 1 amide bonds. The normalized spacial score (nSPS) is 11.8. The van der Waals surface area contributed by atoms with Crippen LogP contribution < -0.4 is 16.4 Å². The number of hydrogen-bond donors (Lipinski definition) is 3. The minimum Gasteiger partial charge on any atom is -0.403 e. The van der Waals surface area contributed by atoms with Crippen molar-refractivity contribution < 1.29 is 9.59 Å². The van der Waals surface area contributed by atoms with Crippen LogP contribution in [0.3, 0.4) is 0 Å². The highest BCUT2D eigenvalue weighted by molar-refractivity contribution is 6.07. The molecule has 0 saturated carbocycles. The van der Waals surface area contributed by atoms with Gasteiger partial charge in [0.1, 0.15) is 12.1 Å². The Balaban J connectivity index is 0.00000153. The molecule has 2 heterocycles.